The molecule has 3 aromatic rings. The van der Waals surface area contributed by atoms with Crippen LogP contribution in [-0.4, -0.2) is 61.4 Å². The summed E-state index contributed by atoms with van der Waals surface area (Å²) in [7, 11) is -0.781. The van der Waals surface area contributed by atoms with Gasteiger partial charge in [0.15, 0.2) is 0 Å². The number of esters is 1. The van der Waals surface area contributed by atoms with Gasteiger partial charge in [0.1, 0.15) is 10.6 Å². The van der Waals surface area contributed by atoms with E-state index in [9.17, 15) is 13.2 Å². The lowest BCUT2D eigenvalue weighted by Gasteiger charge is -2.39. The van der Waals surface area contributed by atoms with Gasteiger partial charge in [-0.3, -0.25) is 4.90 Å². The lowest BCUT2D eigenvalue weighted by atomic mass is 9.96. The van der Waals surface area contributed by atoms with Crippen molar-refractivity contribution in [2.24, 2.45) is 7.05 Å². The Labute approximate surface area is 195 Å². The average molecular weight is 468 g/mol. The topological polar surface area (TPSA) is 71.8 Å². The molecule has 7 nitrogen and oxygen atoms in total. The minimum atomic E-state index is -3.74. The predicted octanol–water partition coefficient (Wildman–Crippen LogP) is 3.22. The van der Waals surface area contributed by atoms with E-state index in [0.717, 1.165) is 0 Å². The first-order chi connectivity index (χ1) is 15.8. The molecule has 0 radical (unpaired) electrons. The highest BCUT2D eigenvalue weighted by atomic mass is 32.2. The first-order valence-corrected chi connectivity index (χ1v) is 12.4. The summed E-state index contributed by atoms with van der Waals surface area (Å²) in [6.45, 7) is 3.66. The zero-order valence-electron chi connectivity index (χ0n) is 19.1. The highest BCUT2D eigenvalue weighted by Gasteiger charge is 2.34. The van der Waals surface area contributed by atoms with Gasteiger partial charge in [-0.25, -0.2) is 13.2 Å². The van der Waals surface area contributed by atoms with Crippen LogP contribution >= 0.6 is 0 Å². The maximum Gasteiger partial charge on any atom is 0.354 e. The van der Waals surface area contributed by atoms with Crippen molar-refractivity contribution in [1.82, 2.24) is 13.8 Å². The lowest BCUT2D eigenvalue weighted by Crippen LogP contribution is -2.49. The third-order valence-corrected chi connectivity index (χ3v) is 8.38. The molecule has 0 spiro atoms. The summed E-state index contributed by atoms with van der Waals surface area (Å²) in [4.78, 5) is 14.5. The maximum absolute atomic E-state index is 13.4. The Morgan fingerprint density at radius 2 is 1.42 bits per heavy atom. The quantitative estimate of drug-likeness (QED) is 0.521. The molecule has 33 heavy (non-hydrogen) atoms. The minimum absolute atomic E-state index is 0.0571. The molecule has 2 heterocycles. The highest BCUT2D eigenvalue weighted by molar-refractivity contribution is 7.89. The number of sulfonamides is 1. The number of ether oxygens (including phenoxy) is 1. The van der Waals surface area contributed by atoms with Gasteiger partial charge in [0.25, 0.3) is 0 Å². The fourth-order valence-corrected chi connectivity index (χ4v) is 6.15. The molecule has 0 bridgehead atoms. The summed E-state index contributed by atoms with van der Waals surface area (Å²) in [6, 6.07) is 22.1. The Hall–Kier alpha value is -2.94. The van der Waals surface area contributed by atoms with Crippen LogP contribution in [0.25, 0.3) is 0 Å². The molecule has 1 aliphatic heterocycles. The molecule has 0 saturated carbocycles. The zero-order chi connectivity index (χ0) is 23.6. The lowest BCUT2D eigenvalue weighted by molar-refractivity contribution is 0.0589. The van der Waals surface area contributed by atoms with Gasteiger partial charge < -0.3 is 9.30 Å². The molecule has 2 aromatic carbocycles. The molecule has 1 aliphatic rings. The molecular weight excluding hydrogens is 438 g/mol. The minimum Gasteiger partial charge on any atom is -0.464 e. The van der Waals surface area contributed by atoms with Crippen molar-refractivity contribution >= 4 is 16.0 Å². The number of hydrogen-bond donors (Lipinski definition) is 0. The van der Waals surface area contributed by atoms with Gasteiger partial charge in [0.2, 0.25) is 10.0 Å². The van der Waals surface area contributed by atoms with Gasteiger partial charge in [0, 0.05) is 38.9 Å². The van der Waals surface area contributed by atoms with Crippen LogP contribution in [0.1, 0.15) is 33.4 Å². The molecule has 1 saturated heterocycles. The van der Waals surface area contributed by atoms with Crippen LogP contribution in [0.5, 0.6) is 0 Å². The second kappa shape index (κ2) is 9.51. The second-order valence-electron chi connectivity index (χ2n) is 8.19. The largest absolute Gasteiger partial charge is 0.464 e. The fraction of sp³-hybridized carbons (Fsp3) is 0.320. The van der Waals surface area contributed by atoms with Crippen molar-refractivity contribution in [2.45, 2.75) is 17.9 Å². The van der Waals surface area contributed by atoms with E-state index in [1.54, 1.807) is 18.5 Å². The average Bonchev–Trinajstić information content (AvgIpc) is 3.15. The molecule has 0 N–H and O–H groups in total. The summed E-state index contributed by atoms with van der Waals surface area (Å²) in [5, 5.41) is 0. The fourth-order valence-electron chi connectivity index (χ4n) is 4.46. The van der Waals surface area contributed by atoms with Gasteiger partial charge in [-0.2, -0.15) is 4.31 Å². The Bertz CT molecular complexity index is 1180. The van der Waals surface area contributed by atoms with Crippen molar-refractivity contribution in [3.05, 3.63) is 89.2 Å². The molecule has 0 aliphatic carbocycles. The summed E-state index contributed by atoms with van der Waals surface area (Å²) >= 11 is 0. The normalized spacial score (nSPS) is 15.6. The molecule has 1 fully saturated rings. The summed E-state index contributed by atoms with van der Waals surface area (Å²) in [5.74, 6) is -0.555. The number of nitrogens with zero attached hydrogens (tertiary/aromatic N) is 3. The van der Waals surface area contributed by atoms with E-state index >= 15 is 0 Å². The Kier molecular flexibility index (Phi) is 6.69. The number of hydrogen-bond acceptors (Lipinski definition) is 5. The van der Waals surface area contributed by atoms with Crippen LogP contribution in [0.15, 0.2) is 71.6 Å². The maximum atomic E-state index is 13.4. The van der Waals surface area contributed by atoms with E-state index in [1.165, 1.54) is 28.6 Å². The van der Waals surface area contributed by atoms with Crippen LogP contribution < -0.4 is 0 Å². The number of methoxy groups -OCH3 is 1. The number of carbonyl (C=O) groups is 1. The second-order valence-corrected chi connectivity index (χ2v) is 10.1. The van der Waals surface area contributed by atoms with Crippen LogP contribution in [0.2, 0.25) is 0 Å². The van der Waals surface area contributed by atoms with Gasteiger partial charge in [-0.1, -0.05) is 60.7 Å². The van der Waals surface area contributed by atoms with Gasteiger partial charge in [-0.15, -0.1) is 0 Å². The van der Waals surface area contributed by atoms with Gasteiger partial charge in [0.05, 0.1) is 13.2 Å². The van der Waals surface area contributed by atoms with E-state index in [-0.39, 0.29) is 16.6 Å². The Morgan fingerprint density at radius 1 is 0.909 bits per heavy atom. The molecule has 8 heteroatoms. The first kappa shape index (κ1) is 23.2. The number of aromatic nitrogens is 1. The van der Waals surface area contributed by atoms with E-state index in [4.69, 9.17) is 4.74 Å². The summed E-state index contributed by atoms with van der Waals surface area (Å²) < 4.78 is 34.8. The Balaban J connectivity index is 1.57. The molecule has 4 rings (SSSR count). The molecular formula is C25H29N3O4S. The van der Waals surface area contributed by atoms with E-state index in [1.807, 2.05) is 36.4 Å². The number of benzene rings is 2. The number of carbonyl (C=O) groups excluding carboxylic acids is 1. The van der Waals surface area contributed by atoms with Crippen LogP contribution in [-0.2, 0) is 21.8 Å². The molecule has 0 unspecified atom stereocenters. The Morgan fingerprint density at radius 3 is 1.91 bits per heavy atom. The van der Waals surface area contributed by atoms with Crippen molar-refractivity contribution in [1.29, 1.82) is 0 Å². The van der Waals surface area contributed by atoms with Crippen molar-refractivity contribution in [2.75, 3.05) is 33.3 Å². The van der Waals surface area contributed by atoms with Crippen molar-refractivity contribution in [3.8, 4) is 0 Å². The first-order valence-electron chi connectivity index (χ1n) is 10.9. The number of piperazine rings is 1. The smallest absolute Gasteiger partial charge is 0.354 e. The van der Waals surface area contributed by atoms with Crippen LogP contribution in [0.4, 0.5) is 0 Å². The summed E-state index contributed by atoms with van der Waals surface area (Å²) in [5.41, 5.74) is 3.10. The van der Waals surface area contributed by atoms with E-state index < -0.39 is 16.0 Å². The highest BCUT2D eigenvalue weighted by Crippen LogP contribution is 2.31. The van der Waals surface area contributed by atoms with Crippen molar-refractivity contribution < 1.29 is 17.9 Å². The van der Waals surface area contributed by atoms with E-state index in [2.05, 4.69) is 29.2 Å². The van der Waals surface area contributed by atoms with Crippen LogP contribution in [0, 0.1) is 6.92 Å². The monoisotopic (exact) mass is 467 g/mol. The number of rotatable bonds is 6. The summed E-state index contributed by atoms with van der Waals surface area (Å²) in [6.07, 6.45) is 0. The van der Waals surface area contributed by atoms with Crippen molar-refractivity contribution in [3.63, 3.8) is 0 Å². The molecule has 1 aromatic heterocycles. The zero-order valence-corrected chi connectivity index (χ0v) is 20.0. The molecule has 174 valence electrons. The predicted molar refractivity (Wildman–Crippen MR) is 127 cm³/mol. The van der Waals surface area contributed by atoms with Gasteiger partial charge in [-0.05, 0) is 24.1 Å². The molecule has 0 amide bonds. The van der Waals surface area contributed by atoms with Gasteiger partial charge >= 0.3 is 5.97 Å². The third-order valence-electron chi connectivity index (χ3n) is 6.37. The standard InChI is InChI=1S/C25H29N3O4S/c1-19-23(18-22(26(19)2)25(29)32-3)33(30,31)28-16-14-27(15-17-28)24(20-10-6-4-7-11-20)21-12-8-5-9-13-21/h4-13,18,24H,14-17H2,1-3H3. The third kappa shape index (κ3) is 4.46. The SMILES string of the molecule is COC(=O)c1cc(S(=O)(=O)N2CCN(C(c3ccccc3)c3ccccc3)CC2)c(C)n1C. The molecule has 0 atom stereocenters. The van der Waals surface area contributed by atoms with Crippen LogP contribution in [0.3, 0.4) is 0 Å². The van der Waals surface area contributed by atoms with E-state index in [0.29, 0.717) is 31.9 Å².